The van der Waals surface area contributed by atoms with Crippen LogP contribution in [0.15, 0.2) is 91.0 Å². The van der Waals surface area contributed by atoms with E-state index in [9.17, 15) is 9.59 Å². The van der Waals surface area contributed by atoms with E-state index >= 15 is 0 Å². The summed E-state index contributed by atoms with van der Waals surface area (Å²) < 4.78 is 12.3. The summed E-state index contributed by atoms with van der Waals surface area (Å²) in [4.78, 5) is 27.3. The van der Waals surface area contributed by atoms with E-state index in [1.807, 2.05) is 85.8 Å². The second-order valence-corrected chi connectivity index (χ2v) is 12.2. The Morgan fingerprint density at radius 3 is 2.09 bits per heavy atom. The predicted octanol–water partition coefficient (Wildman–Crippen LogP) is 5.38. The van der Waals surface area contributed by atoms with Gasteiger partial charge in [0.25, 0.3) is 0 Å². The van der Waals surface area contributed by atoms with Crippen molar-refractivity contribution in [2.75, 3.05) is 0 Å². The van der Waals surface area contributed by atoms with Crippen molar-refractivity contribution in [3.05, 3.63) is 102 Å². The normalized spacial score (nSPS) is 28.3. The van der Waals surface area contributed by atoms with Crippen LogP contribution in [0.5, 0.6) is 0 Å². The second-order valence-electron chi connectivity index (χ2n) is 9.40. The molecule has 0 N–H and O–H groups in total. The average molecular weight is 534 g/mol. The van der Waals surface area contributed by atoms with Crippen molar-refractivity contribution < 1.29 is 19.1 Å². The molecule has 2 aliphatic rings. The zero-order valence-electron chi connectivity index (χ0n) is 19.8. The third-order valence-corrected chi connectivity index (χ3v) is 10.6. The van der Waals surface area contributed by atoms with Crippen LogP contribution in [0.3, 0.4) is 0 Å². The van der Waals surface area contributed by atoms with Gasteiger partial charge in [0.1, 0.15) is 0 Å². The number of hydrogen-bond acceptors (Lipinski definition) is 4. The quantitative estimate of drug-likeness (QED) is 0.316. The number of cyclic esters (lactones) is 1. The third kappa shape index (κ3) is 4.68. The van der Waals surface area contributed by atoms with Crippen molar-refractivity contribution in [2.45, 2.75) is 55.0 Å². The molecule has 4 nitrogen and oxygen atoms in total. The molecule has 180 valence electrons. The van der Waals surface area contributed by atoms with Crippen LogP contribution in [0.25, 0.3) is 0 Å². The third-order valence-electron chi connectivity index (χ3n) is 7.26. The molecular weight excluding hydrogens is 503 g/mol. The van der Waals surface area contributed by atoms with Gasteiger partial charge >= 0.3 is 214 Å². The number of esters is 2. The first-order valence-corrected chi connectivity index (χ1v) is 14.1. The molecule has 1 saturated carbocycles. The van der Waals surface area contributed by atoms with Crippen molar-refractivity contribution in [3.63, 3.8) is 0 Å². The van der Waals surface area contributed by atoms with Crippen molar-refractivity contribution in [2.24, 2.45) is 5.92 Å². The van der Waals surface area contributed by atoms with Crippen LogP contribution < -0.4 is 4.46 Å². The fraction of sp³-hybridized carbons (Fsp3) is 0.333. The van der Waals surface area contributed by atoms with Gasteiger partial charge in [-0.25, -0.2) is 0 Å². The zero-order chi connectivity index (χ0) is 24.3. The van der Waals surface area contributed by atoms with Gasteiger partial charge < -0.3 is 0 Å². The van der Waals surface area contributed by atoms with Crippen molar-refractivity contribution in [1.82, 2.24) is 0 Å². The van der Waals surface area contributed by atoms with Gasteiger partial charge in [0.05, 0.1) is 0 Å². The summed E-state index contributed by atoms with van der Waals surface area (Å²) in [6.45, 7) is 1.83. The minimum atomic E-state index is -1.08. The number of benzene rings is 3. The van der Waals surface area contributed by atoms with E-state index in [1.165, 1.54) is 5.56 Å². The molecule has 3 aromatic carbocycles. The summed E-state index contributed by atoms with van der Waals surface area (Å²) in [7, 11) is 0. The Balaban J connectivity index is 1.53. The topological polar surface area (TPSA) is 52.6 Å². The summed E-state index contributed by atoms with van der Waals surface area (Å²) in [5.41, 5.74) is 2.04. The monoisotopic (exact) mass is 534 g/mol. The first kappa shape index (κ1) is 23.8. The van der Waals surface area contributed by atoms with E-state index < -0.39 is 16.3 Å². The van der Waals surface area contributed by atoms with Crippen LogP contribution in [-0.2, 0) is 19.1 Å². The summed E-state index contributed by atoms with van der Waals surface area (Å²) in [6, 6.07) is 30.0. The molecule has 1 heterocycles. The molecule has 1 aliphatic carbocycles. The van der Waals surface area contributed by atoms with E-state index in [0.29, 0.717) is 0 Å². The summed E-state index contributed by atoms with van der Waals surface area (Å²) in [5, 5.41) is 0. The number of hydrogen-bond donors (Lipinski definition) is 0. The standard InChI is InChI=1S/C30H30O4Se/c1-21-28(31)34-27(23-15-7-3-8-16-23)30(21,35-24-17-9-4-10-18-24)29(32)33-26-20-12-11-19-25(26)22-13-5-2-6-14-22/h2-10,13-18,21,25-27H,11-12,19-20H2,1H3/t21-,25-,26+,27-,30+/m0/s1. The van der Waals surface area contributed by atoms with Gasteiger partial charge in [-0.3, -0.25) is 0 Å². The van der Waals surface area contributed by atoms with Crippen LogP contribution in [0.1, 0.15) is 55.8 Å². The maximum atomic E-state index is 14.3. The molecule has 5 heteroatoms. The number of carbonyl (C=O) groups excluding carboxylic acids is 2. The molecule has 1 aliphatic heterocycles. The average Bonchev–Trinajstić information content (AvgIpc) is 3.16. The Hall–Kier alpha value is -2.88. The second kappa shape index (κ2) is 10.4. The zero-order valence-corrected chi connectivity index (χ0v) is 21.6. The van der Waals surface area contributed by atoms with Crippen molar-refractivity contribution in [3.8, 4) is 0 Å². The molecular formula is C30H30O4Se. The number of rotatable bonds is 6. The van der Waals surface area contributed by atoms with Gasteiger partial charge in [-0.2, -0.15) is 0 Å². The van der Waals surface area contributed by atoms with Crippen LogP contribution in [0.2, 0.25) is 4.31 Å². The fourth-order valence-corrected chi connectivity index (χ4v) is 8.24. The predicted molar refractivity (Wildman–Crippen MR) is 136 cm³/mol. The van der Waals surface area contributed by atoms with Crippen LogP contribution >= 0.6 is 0 Å². The Kier molecular flexibility index (Phi) is 7.08. The molecule has 35 heavy (non-hydrogen) atoms. The molecule has 0 aromatic heterocycles. The molecule has 5 rings (SSSR count). The number of carbonyl (C=O) groups is 2. The molecule has 0 bridgehead atoms. The summed E-state index contributed by atoms with van der Waals surface area (Å²) >= 11 is -0.381. The molecule has 5 atom stereocenters. The maximum absolute atomic E-state index is 14.3. The van der Waals surface area contributed by atoms with E-state index in [4.69, 9.17) is 9.47 Å². The molecule has 0 unspecified atom stereocenters. The van der Waals surface area contributed by atoms with Gasteiger partial charge in [0.15, 0.2) is 0 Å². The van der Waals surface area contributed by atoms with Gasteiger partial charge in [-0.1, -0.05) is 0 Å². The molecule has 0 spiro atoms. The van der Waals surface area contributed by atoms with E-state index in [2.05, 4.69) is 12.1 Å². The van der Waals surface area contributed by atoms with Gasteiger partial charge in [0.2, 0.25) is 0 Å². The Morgan fingerprint density at radius 1 is 0.857 bits per heavy atom. The van der Waals surface area contributed by atoms with Crippen LogP contribution in [-0.4, -0.2) is 33.0 Å². The summed E-state index contributed by atoms with van der Waals surface area (Å²) in [6.07, 6.45) is 3.10. The van der Waals surface area contributed by atoms with Crippen molar-refractivity contribution >= 4 is 31.4 Å². The first-order chi connectivity index (χ1) is 17.1. The number of ether oxygens (including phenoxy) is 2. The van der Waals surface area contributed by atoms with E-state index in [-0.39, 0.29) is 38.9 Å². The SMILES string of the molecule is C[C@H]1C(=O)O[C@@H](c2ccccc2)[C@@]1([Se]c1ccccc1)C(=O)O[C@@H]1CCCC[C@H]1c1ccccc1. The Labute approximate surface area is 213 Å². The molecule has 2 fully saturated rings. The van der Waals surface area contributed by atoms with Crippen LogP contribution in [0.4, 0.5) is 0 Å². The Morgan fingerprint density at radius 2 is 1.43 bits per heavy atom. The summed E-state index contributed by atoms with van der Waals surface area (Å²) in [5.74, 6) is -1.07. The Bertz CT molecular complexity index is 1150. The molecule has 0 amide bonds. The first-order valence-electron chi connectivity index (χ1n) is 12.3. The van der Waals surface area contributed by atoms with Gasteiger partial charge in [-0.05, 0) is 0 Å². The minimum absolute atomic E-state index is 0.165. The molecule has 1 saturated heterocycles. The van der Waals surface area contributed by atoms with E-state index in [0.717, 1.165) is 35.7 Å². The van der Waals surface area contributed by atoms with Crippen LogP contribution in [0, 0.1) is 5.92 Å². The molecule has 3 aromatic rings. The van der Waals surface area contributed by atoms with E-state index in [1.54, 1.807) is 0 Å². The van der Waals surface area contributed by atoms with Crippen molar-refractivity contribution in [1.29, 1.82) is 0 Å². The van der Waals surface area contributed by atoms with Gasteiger partial charge in [-0.15, -0.1) is 0 Å². The molecule has 0 radical (unpaired) electrons. The fourth-order valence-electron chi connectivity index (χ4n) is 5.35. The van der Waals surface area contributed by atoms with Gasteiger partial charge in [0, 0.05) is 0 Å².